The molecule has 1 aromatic rings. The van der Waals surface area contributed by atoms with Crippen molar-refractivity contribution in [3.63, 3.8) is 0 Å². The SMILES string of the molecule is COc1cc(NC(=O)/C(C)=C/C=C/C(C)=C/C(=O)O)cc(OC)c1. The van der Waals surface area contributed by atoms with E-state index in [2.05, 4.69) is 5.32 Å². The van der Waals surface area contributed by atoms with E-state index in [-0.39, 0.29) is 5.91 Å². The average molecular weight is 331 g/mol. The number of carboxylic acid groups (broad SMARTS) is 1. The summed E-state index contributed by atoms with van der Waals surface area (Å²) in [7, 11) is 3.06. The monoisotopic (exact) mass is 331 g/mol. The number of methoxy groups -OCH3 is 2. The number of carboxylic acids is 1. The Kier molecular flexibility index (Phi) is 7.29. The van der Waals surface area contributed by atoms with Crippen LogP contribution in [0.15, 0.2) is 53.6 Å². The molecule has 0 radical (unpaired) electrons. The summed E-state index contributed by atoms with van der Waals surface area (Å²) in [4.78, 5) is 22.7. The minimum absolute atomic E-state index is 0.283. The van der Waals surface area contributed by atoms with Crippen molar-refractivity contribution in [1.29, 1.82) is 0 Å². The average Bonchev–Trinajstić information content (AvgIpc) is 2.53. The van der Waals surface area contributed by atoms with Crippen molar-refractivity contribution in [2.24, 2.45) is 0 Å². The van der Waals surface area contributed by atoms with Crippen LogP contribution in [0.1, 0.15) is 13.8 Å². The molecule has 128 valence electrons. The summed E-state index contributed by atoms with van der Waals surface area (Å²) >= 11 is 0. The van der Waals surface area contributed by atoms with E-state index < -0.39 is 5.97 Å². The molecule has 6 nitrogen and oxygen atoms in total. The molecule has 0 aromatic heterocycles. The zero-order chi connectivity index (χ0) is 18.1. The van der Waals surface area contributed by atoms with E-state index in [1.165, 1.54) is 14.2 Å². The van der Waals surface area contributed by atoms with E-state index >= 15 is 0 Å². The van der Waals surface area contributed by atoms with Crippen molar-refractivity contribution in [2.45, 2.75) is 13.8 Å². The fourth-order valence-electron chi connectivity index (χ4n) is 1.77. The van der Waals surface area contributed by atoms with Gasteiger partial charge in [-0.2, -0.15) is 0 Å². The van der Waals surface area contributed by atoms with Crippen LogP contribution in [0.2, 0.25) is 0 Å². The van der Waals surface area contributed by atoms with Gasteiger partial charge in [-0.25, -0.2) is 4.79 Å². The first-order valence-corrected chi connectivity index (χ1v) is 7.16. The topological polar surface area (TPSA) is 84.9 Å². The van der Waals surface area contributed by atoms with Crippen LogP contribution in [-0.2, 0) is 9.59 Å². The fraction of sp³-hybridized carbons (Fsp3) is 0.222. The van der Waals surface area contributed by atoms with Gasteiger partial charge in [0.25, 0.3) is 5.91 Å². The Morgan fingerprint density at radius 1 is 1.08 bits per heavy atom. The molecule has 1 aromatic carbocycles. The highest BCUT2D eigenvalue weighted by molar-refractivity contribution is 6.03. The summed E-state index contributed by atoms with van der Waals surface area (Å²) in [6.45, 7) is 3.32. The van der Waals surface area contributed by atoms with Crippen LogP contribution in [0.3, 0.4) is 0 Å². The lowest BCUT2D eigenvalue weighted by Crippen LogP contribution is -2.12. The summed E-state index contributed by atoms with van der Waals surface area (Å²) < 4.78 is 10.3. The van der Waals surface area contributed by atoms with Crippen LogP contribution < -0.4 is 14.8 Å². The van der Waals surface area contributed by atoms with Crippen molar-refractivity contribution < 1.29 is 24.2 Å². The lowest BCUT2D eigenvalue weighted by atomic mass is 10.2. The van der Waals surface area contributed by atoms with Crippen LogP contribution in [0.25, 0.3) is 0 Å². The molecule has 0 fully saturated rings. The van der Waals surface area contributed by atoms with Crippen LogP contribution in [0.4, 0.5) is 5.69 Å². The predicted molar refractivity (Wildman–Crippen MR) is 92.5 cm³/mol. The van der Waals surface area contributed by atoms with E-state index in [9.17, 15) is 9.59 Å². The number of allylic oxidation sites excluding steroid dienone is 4. The maximum Gasteiger partial charge on any atom is 0.328 e. The number of carbonyl (C=O) groups is 2. The Labute approximate surface area is 141 Å². The quantitative estimate of drug-likeness (QED) is 0.592. The first kappa shape index (κ1) is 19.0. The summed E-state index contributed by atoms with van der Waals surface area (Å²) in [5, 5.41) is 11.4. The molecule has 1 amide bonds. The van der Waals surface area contributed by atoms with E-state index in [0.717, 1.165) is 6.08 Å². The third-order valence-electron chi connectivity index (χ3n) is 3.02. The maximum absolute atomic E-state index is 12.2. The number of aliphatic carboxylic acids is 1. The molecule has 0 aliphatic heterocycles. The van der Waals surface area contributed by atoms with Crippen molar-refractivity contribution in [3.8, 4) is 11.5 Å². The van der Waals surface area contributed by atoms with Gasteiger partial charge >= 0.3 is 5.97 Å². The highest BCUT2D eigenvalue weighted by Gasteiger charge is 2.07. The number of hydrogen-bond acceptors (Lipinski definition) is 4. The molecular weight excluding hydrogens is 310 g/mol. The third-order valence-corrected chi connectivity index (χ3v) is 3.02. The van der Waals surface area contributed by atoms with Gasteiger partial charge in [0.05, 0.1) is 14.2 Å². The summed E-state index contributed by atoms with van der Waals surface area (Å²) in [5.74, 6) is -0.154. The van der Waals surface area contributed by atoms with Crippen molar-refractivity contribution >= 4 is 17.6 Å². The minimum Gasteiger partial charge on any atom is -0.497 e. The molecule has 0 aliphatic carbocycles. The second-order valence-electron chi connectivity index (χ2n) is 4.99. The second-order valence-corrected chi connectivity index (χ2v) is 4.99. The Hall–Kier alpha value is -3.02. The van der Waals surface area contributed by atoms with Crippen LogP contribution in [0.5, 0.6) is 11.5 Å². The molecule has 0 saturated heterocycles. The molecule has 1 rings (SSSR count). The Bertz CT molecular complexity index is 679. The van der Waals surface area contributed by atoms with Gasteiger partial charge in [0, 0.05) is 35.5 Å². The predicted octanol–water partition coefficient (Wildman–Crippen LogP) is 3.18. The Balaban J connectivity index is 2.82. The van der Waals surface area contributed by atoms with E-state index in [4.69, 9.17) is 14.6 Å². The molecule has 0 aliphatic rings. The standard InChI is InChI=1S/C18H21NO5/c1-12(8-17(20)21)6-5-7-13(2)18(22)19-14-9-15(23-3)11-16(10-14)24-4/h5-11H,1-4H3,(H,19,22)(H,20,21)/b6-5+,12-8+,13-7+. The lowest BCUT2D eigenvalue weighted by molar-refractivity contribution is -0.131. The van der Waals surface area contributed by atoms with Gasteiger partial charge in [0.15, 0.2) is 0 Å². The number of rotatable bonds is 7. The molecule has 0 bridgehead atoms. The van der Waals surface area contributed by atoms with E-state index in [1.54, 1.807) is 50.3 Å². The number of carbonyl (C=O) groups excluding carboxylic acids is 1. The van der Waals surface area contributed by atoms with Gasteiger partial charge in [-0.15, -0.1) is 0 Å². The summed E-state index contributed by atoms with van der Waals surface area (Å²) in [6, 6.07) is 5.07. The molecule has 6 heteroatoms. The summed E-state index contributed by atoms with van der Waals surface area (Å²) in [5.41, 5.74) is 1.59. The second kappa shape index (κ2) is 9.19. The number of benzene rings is 1. The van der Waals surface area contributed by atoms with Gasteiger partial charge in [-0.3, -0.25) is 4.79 Å². The number of ether oxygens (including phenoxy) is 2. The van der Waals surface area contributed by atoms with Gasteiger partial charge in [0.1, 0.15) is 11.5 Å². The van der Waals surface area contributed by atoms with Gasteiger partial charge in [-0.1, -0.05) is 18.2 Å². The zero-order valence-electron chi connectivity index (χ0n) is 14.1. The van der Waals surface area contributed by atoms with Gasteiger partial charge < -0.3 is 19.9 Å². The van der Waals surface area contributed by atoms with Crippen molar-refractivity contribution in [3.05, 3.63) is 53.6 Å². The molecule has 0 atom stereocenters. The van der Waals surface area contributed by atoms with Crippen LogP contribution in [-0.4, -0.2) is 31.2 Å². The molecule has 0 spiro atoms. The first-order chi connectivity index (χ1) is 11.3. The molecule has 0 heterocycles. The Morgan fingerprint density at radius 3 is 2.17 bits per heavy atom. The third kappa shape index (κ3) is 6.39. The molecule has 0 unspecified atom stereocenters. The summed E-state index contributed by atoms with van der Waals surface area (Å²) in [6.07, 6.45) is 5.92. The highest BCUT2D eigenvalue weighted by Crippen LogP contribution is 2.26. The largest absolute Gasteiger partial charge is 0.497 e. The van der Waals surface area contributed by atoms with E-state index in [1.807, 2.05) is 0 Å². The van der Waals surface area contributed by atoms with Crippen molar-refractivity contribution in [1.82, 2.24) is 0 Å². The first-order valence-electron chi connectivity index (χ1n) is 7.16. The number of amides is 1. The smallest absolute Gasteiger partial charge is 0.328 e. The Morgan fingerprint density at radius 2 is 1.67 bits per heavy atom. The fourth-order valence-corrected chi connectivity index (χ4v) is 1.77. The zero-order valence-corrected chi connectivity index (χ0v) is 14.1. The molecule has 2 N–H and O–H groups in total. The van der Waals surface area contributed by atoms with Gasteiger partial charge in [-0.05, 0) is 19.4 Å². The highest BCUT2D eigenvalue weighted by atomic mass is 16.5. The molecule has 0 saturated carbocycles. The number of hydrogen-bond donors (Lipinski definition) is 2. The number of nitrogens with one attached hydrogen (secondary N) is 1. The van der Waals surface area contributed by atoms with Gasteiger partial charge in [0.2, 0.25) is 0 Å². The molecule has 24 heavy (non-hydrogen) atoms. The maximum atomic E-state index is 12.2. The van der Waals surface area contributed by atoms with Crippen molar-refractivity contribution in [2.75, 3.05) is 19.5 Å². The molecular formula is C18H21NO5. The normalized spacial score (nSPS) is 12.2. The lowest BCUT2D eigenvalue weighted by Gasteiger charge is -2.09. The van der Waals surface area contributed by atoms with E-state index in [0.29, 0.717) is 28.3 Å². The number of anilines is 1. The van der Waals surface area contributed by atoms with Crippen LogP contribution in [0, 0.1) is 0 Å². The van der Waals surface area contributed by atoms with Crippen LogP contribution >= 0.6 is 0 Å². The minimum atomic E-state index is -1.01.